The quantitative estimate of drug-likeness (QED) is 0.762. The van der Waals surface area contributed by atoms with Crippen molar-refractivity contribution in [1.29, 1.82) is 0 Å². The second-order valence-electron chi connectivity index (χ2n) is 4.99. The lowest BCUT2D eigenvalue weighted by Gasteiger charge is -2.16. The van der Waals surface area contributed by atoms with Crippen molar-refractivity contribution in [2.75, 3.05) is 23.3 Å². The predicted octanol–water partition coefficient (Wildman–Crippen LogP) is 3.06. The fourth-order valence-electron chi connectivity index (χ4n) is 2.43. The van der Waals surface area contributed by atoms with Crippen molar-refractivity contribution in [3.8, 4) is 5.75 Å². The van der Waals surface area contributed by atoms with Crippen molar-refractivity contribution in [2.45, 2.75) is 12.5 Å². The predicted molar refractivity (Wildman–Crippen MR) is 83.3 cm³/mol. The molecule has 1 atom stereocenters. The van der Waals surface area contributed by atoms with Gasteiger partial charge in [0.05, 0.1) is 23.6 Å². The Balaban J connectivity index is 1.71. The van der Waals surface area contributed by atoms with E-state index in [4.69, 9.17) is 27.8 Å². The molecule has 1 unspecified atom stereocenters. The highest BCUT2D eigenvalue weighted by molar-refractivity contribution is 6.33. The molecule has 21 heavy (non-hydrogen) atoms. The molecule has 1 heterocycles. The van der Waals surface area contributed by atoms with E-state index >= 15 is 0 Å². The maximum atomic E-state index is 14.1. The maximum absolute atomic E-state index is 14.1. The molecule has 0 saturated carbocycles. The van der Waals surface area contributed by atoms with E-state index in [1.807, 2.05) is 24.3 Å². The standard InChI is InChI=1S/C15H15ClFN3O/c16-13-10(18)6-11(19)15(14(13)17)20-7-9-5-8-3-1-2-4-12(8)21-9/h1-4,6,9,20H,5,7,18-19H2. The van der Waals surface area contributed by atoms with Gasteiger partial charge >= 0.3 is 0 Å². The first-order valence-corrected chi connectivity index (χ1v) is 6.95. The lowest BCUT2D eigenvalue weighted by atomic mass is 10.1. The van der Waals surface area contributed by atoms with Gasteiger partial charge in [-0.05, 0) is 17.7 Å². The number of rotatable bonds is 3. The summed E-state index contributed by atoms with van der Waals surface area (Å²) in [7, 11) is 0. The number of halogens is 2. The molecule has 0 aromatic heterocycles. The summed E-state index contributed by atoms with van der Waals surface area (Å²) in [4.78, 5) is 0. The van der Waals surface area contributed by atoms with Crippen LogP contribution in [0.2, 0.25) is 5.02 Å². The van der Waals surface area contributed by atoms with Gasteiger partial charge in [-0.25, -0.2) is 4.39 Å². The highest BCUT2D eigenvalue weighted by Crippen LogP contribution is 2.34. The van der Waals surface area contributed by atoms with Gasteiger partial charge in [0.1, 0.15) is 16.9 Å². The van der Waals surface area contributed by atoms with E-state index in [-0.39, 0.29) is 28.2 Å². The van der Waals surface area contributed by atoms with Gasteiger partial charge in [0.2, 0.25) is 0 Å². The Labute approximate surface area is 126 Å². The Hall–Kier alpha value is -2.14. The largest absolute Gasteiger partial charge is 0.488 e. The molecule has 0 fully saturated rings. The highest BCUT2D eigenvalue weighted by atomic mass is 35.5. The van der Waals surface area contributed by atoms with E-state index < -0.39 is 5.82 Å². The number of fused-ring (bicyclic) bond motifs is 1. The van der Waals surface area contributed by atoms with E-state index in [1.54, 1.807) is 0 Å². The Kier molecular flexibility index (Phi) is 3.51. The summed E-state index contributed by atoms with van der Waals surface area (Å²) in [6, 6.07) is 9.27. The fourth-order valence-corrected chi connectivity index (χ4v) is 2.58. The normalized spacial score (nSPS) is 16.4. The average Bonchev–Trinajstić information content (AvgIpc) is 2.87. The molecule has 3 rings (SSSR count). The molecule has 4 nitrogen and oxygen atoms in total. The van der Waals surface area contributed by atoms with E-state index in [1.165, 1.54) is 6.07 Å². The monoisotopic (exact) mass is 307 g/mol. The molecule has 2 aromatic carbocycles. The summed E-state index contributed by atoms with van der Waals surface area (Å²) in [5.41, 5.74) is 13.0. The van der Waals surface area contributed by atoms with Crippen LogP contribution >= 0.6 is 11.6 Å². The van der Waals surface area contributed by atoms with E-state index in [0.717, 1.165) is 17.7 Å². The van der Waals surface area contributed by atoms with Crippen molar-refractivity contribution < 1.29 is 9.13 Å². The number of hydrogen-bond acceptors (Lipinski definition) is 4. The number of hydrogen-bond donors (Lipinski definition) is 3. The summed E-state index contributed by atoms with van der Waals surface area (Å²) in [6.07, 6.45) is 0.699. The fraction of sp³-hybridized carbons (Fsp3) is 0.200. The summed E-state index contributed by atoms with van der Waals surface area (Å²) < 4.78 is 19.8. The molecule has 0 bridgehead atoms. The Morgan fingerprint density at radius 2 is 2.05 bits per heavy atom. The van der Waals surface area contributed by atoms with Crippen molar-refractivity contribution in [3.63, 3.8) is 0 Å². The zero-order valence-electron chi connectivity index (χ0n) is 11.2. The molecule has 2 aromatic rings. The molecule has 0 aliphatic carbocycles. The average molecular weight is 308 g/mol. The van der Waals surface area contributed by atoms with E-state index in [2.05, 4.69) is 5.32 Å². The minimum Gasteiger partial charge on any atom is -0.488 e. The summed E-state index contributed by atoms with van der Waals surface area (Å²) in [5.74, 6) is 0.234. The van der Waals surface area contributed by atoms with Gasteiger partial charge in [-0.15, -0.1) is 0 Å². The molecule has 6 heteroatoms. The van der Waals surface area contributed by atoms with Crippen LogP contribution < -0.4 is 21.5 Å². The third kappa shape index (κ3) is 2.56. The lowest BCUT2D eigenvalue weighted by molar-refractivity contribution is 0.246. The van der Waals surface area contributed by atoms with Crippen LogP contribution in [0.15, 0.2) is 30.3 Å². The molecule has 1 aliphatic heterocycles. The van der Waals surface area contributed by atoms with Crippen LogP contribution in [-0.4, -0.2) is 12.6 Å². The summed E-state index contributed by atoms with van der Waals surface area (Å²) in [6.45, 7) is 0.427. The third-order valence-electron chi connectivity index (χ3n) is 3.49. The van der Waals surface area contributed by atoms with Crippen LogP contribution in [0.1, 0.15) is 5.56 Å². The third-order valence-corrected chi connectivity index (χ3v) is 3.87. The van der Waals surface area contributed by atoms with Gasteiger partial charge in [-0.1, -0.05) is 29.8 Å². The first-order chi connectivity index (χ1) is 10.1. The van der Waals surface area contributed by atoms with Crippen molar-refractivity contribution in [3.05, 3.63) is 46.7 Å². The summed E-state index contributed by atoms with van der Waals surface area (Å²) >= 11 is 5.80. The van der Waals surface area contributed by atoms with Crippen LogP contribution in [0.3, 0.4) is 0 Å². The number of para-hydroxylation sites is 1. The van der Waals surface area contributed by atoms with Crippen molar-refractivity contribution in [2.24, 2.45) is 0 Å². The van der Waals surface area contributed by atoms with Crippen LogP contribution in [0.25, 0.3) is 0 Å². The first-order valence-electron chi connectivity index (χ1n) is 6.57. The van der Waals surface area contributed by atoms with Crippen LogP contribution in [0, 0.1) is 5.82 Å². The second kappa shape index (κ2) is 5.33. The van der Waals surface area contributed by atoms with Crippen LogP contribution in [-0.2, 0) is 6.42 Å². The molecule has 0 radical (unpaired) electrons. The molecule has 1 aliphatic rings. The number of nitrogens with two attached hydrogens (primary N) is 2. The number of nitrogen functional groups attached to an aromatic ring is 2. The molecule has 0 spiro atoms. The number of nitrogens with one attached hydrogen (secondary N) is 1. The number of anilines is 3. The molecular weight excluding hydrogens is 293 g/mol. The Bertz CT molecular complexity index is 668. The minimum atomic E-state index is -0.635. The second-order valence-corrected chi connectivity index (χ2v) is 5.37. The van der Waals surface area contributed by atoms with Gasteiger partial charge in [0.15, 0.2) is 5.82 Å². The zero-order chi connectivity index (χ0) is 15.0. The summed E-state index contributed by atoms with van der Waals surface area (Å²) in [5, 5.41) is 2.84. The van der Waals surface area contributed by atoms with Crippen molar-refractivity contribution >= 4 is 28.7 Å². The van der Waals surface area contributed by atoms with Crippen LogP contribution in [0.5, 0.6) is 5.75 Å². The van der Waals surface area contributed by atoms with E-state index in [9.17, 15) is 4.39 Å². The van der Waals surface area contributed by atoms with Gasteiger partial charge in [0.25, 0.3) is 0 Å². The van der Waals surface area contributed by atoms with Crippen LogP contribution in [0.4, 0.5) is 21.5 Å². The SMILES string of the molecule is Nc1cc(N)c(NCC2Cc3ccccc3O2)c(F)c1Cl. The molecule has 5 N–H and O–H groups in total. The Morgan fingerprint density at radius 3 is 2.81 bits per heavy atom. The lowest BCUT2D eigenvalue weighted by Crippen LogP contribution is -2.24. The topological polar surface area (TPSA) is 73.3 Å². The Morgan fingerprint density at radius 1 is 1.29 bits per heavy atom. The number of ether oxygens (including phenoxy) is 1. The first kappa shape index (κ1) is 13.8. The maximum Gasteiger partial charge on any atom is 0.169 e. The van der Waals surface area contributed by atoms with E-state index in [0.29, 0.717) is 6.54 Å². The van der Waals surface area contributed by atoms with Crippen molar-refractivity contribution in [1.82, 2.24) is 0 Å². The zero-order valence-corrected chi connectivity index (χ0v) is 12.0. The molecule has 0 amide bonds. The minimum absolute atomic E-state index is 0.0717. The highest BCUT2D eigenvalue weighted by Gasteiger charge is 2.23. The molecular formula is C15H15ClFN3O. The van der Waals surface area contributed by atoms with Gasteiger partial charge in [-0.3, -0.25) is 0 Å². The van der Waals surface area contributed by atoms with Gasteiger partial charge in [-0.2, -0.15) is 0 Å². The van der Waals surface area contributed by atoms with Gasteiger partial charge in [0, 0.05) is 6.42 Å². The smallest absolute Gasteiger partial charge is 0.169 e. The molecule has 110 valence electrons. The molecule has 0 saturated heterocycles. The number of benzene rings is 2. The van der Waals surface area contributed by atoms with Gasteiger partial charge < -0.3 is 21.5 Å².